The number of aryl methyl sites for hydroxylation is 2. The van der Waals surface area contributed by atoms with E-state index in [0.29, 0.717) is 23.9 Å². The number of ether oxygens (including phenoxy) is 1. The molecule has 1 saturated carbocycles. The first-order chi connectivity index (χ1) is 16.9. The van der Waals surface area contributed by atoms with Crippen LogP contribution in [0.5, 0.6) is 5.75 Å². The van der Waals surface area contributed by atoms with Gasteiger partial charge >= 0.3 is 0 Å². The van der Waals surface area contributed by atoms with Crippen LogP contribution >= 0.6 is 0 Å². The molecule has 1 atom stereocenters. The SMILES string of the molecule is CNCC(O)COc1cccc(-c2nc(NC3CCC(O)CC3)c(C)c(-c3c(C)noc3C)n2)c1. The van der Waals surface area contributed by atoms with Crippen LogP contribution < -0.4 is 15.4 Å². The fraction of sp³-hybridized carbons (Fsp3) is 0.500. The number of nitrogens with one attached hydrogen (secondary N) is 2. The van der Waals surface area contributed by atoms with E-state index in [1.54, 1.807) is 7.05 Å². The van der Waals surface area contributed by atoms with Crippen LogP contribution in [-0.4, -0.2) is 63.8 Å². The number of rotatable bonds is 9. The maximum atomic E-state index is 9.98. The second kappa shape index (κ2) is 11.2. The van der Waals surface area contributed by atoms with Crippen molar-refractivity contribution < 1.29 is 19.5 Å². The first-order valence-electron chi connectivity index (χ1n) is 12.2. The van der Waals surface area contributed by atoms with Crippen LogP contribution in [-0.2, 0) is 0 Å². The molecule has 2 aromatic heterocycles. The fourth-order valence-electron chi connectivity index (χ4n) is 4.48. The van der Waals surface area contributed by atoms with Gasteiger partial charge in [-0.1, -0.05) is 17.3 Å². The topological polar surface area (TPSA) is 126 Å². The monoisotopic (exact) mass is 481 g/mol. The summed E-state index contributed by atoms with van der Waals surface area (Å²) in [6, 6.07) is 7.81. The molecule has 3 aromatic rings. The quantitative estimate of drug-likeness (QED) is 0.364. The second-order valence-corrected chi connectivity index (χ2v) is 9.27. The van der Waals surface area contributed by atoms with Crippen molar-refractivity contribution in [1.29, 1.82) is 0 Å². The lowest BCUT2D eigenvalue weighted by Gasteiger charge is -2.27. The molecule has 1 unspecified atom stereocenters. The van der Waals surface area contributed by atoms with Crippen molar-refractivity contribution in [3.8, 4) is 28.4 Å². The first kappa shape index (κ1) is 25.1. The van der Waals surface area contributed by atoms with E-state index < -0.39 is 6.10 Å². The van der Waals surface area contributed by atoms with Gasteiger partial charge in [-0.25, -0.2) is 9.97 Å². The lowest BCUT2D eigenvalue weighted by molar-refractivity contribution is 0.108. The number of likely N-dealkylation sites (N-methyl/N-ethyl adjacent to an activating group) is 1. The predicted molar refractivity (Wildman–Crippen MR) is 134 cm³/mol. The number of hydrogen-bond donors (Lipinski definition) is 4. The number of benzene rings is 1. The van der Waals surface area contributed by atoms with Crippen molar-refractivity contribution in [1.82, 2.24) is 20.4 Å². The van der Waals surface area contributed by atoms with E-state index in [1.807, 2.05) is 45.0 Å². The molecule has 1 fully saturated rings. The van der Waals surface area contributed by atoms with Gasteiger partial charge in [0.1, 0.15) is 30.0 Å². The van der Waals surface area contributed by atoms with E-state index in [-0.39, 0.29) is 18.8 Å². The van der Waals surface area contributed by atoms with Gasteiger partial charge in [0, 0.05) is 23.7 Å². The molecule has 9 nitrogen and oxygen atoms in total. The standard InChI is InChI=1S/C26H35N5O4/c1-15-24(23-16(2)31-35-17(23)3)29-26(30-25(15)28-19-8-10-20(32)11-9-19)18-6-5-7-22(12-18)34-14-21(33)13-27-4/h5-7,12,19-21,27,32-33H,8-11,13-14H2,1-4H3,(H,28,29,30). The Kier molecular flexibility index (Phi) is 8.00. The molecular formula is C26H35N5O4. The highest BCUT2D eigenvalue weighted by atomic mass is 16.5. The molecule has 1 aliphatic rings. The van der Waals surface area contributed by atoms with Crippen LogP contribution in [0.4, 0.5) is 5.82 Å². The third-order valence-electron chi connectivity index (χ3n) is 6.43. The molecule has 0 amide bonds. The average molecular weight is 482 g/mol. The summed E-state index contributed by atoms with van der Waals surface area (Å²) in [4.78, 5) is 9.83. The van der Waals surface area contributed by atoms with Gasteiger partial charge in [-0.15, -0.1) is 0 Å². The molecular weight excluding hydrogens is 446 g/mol. The number of anilines is 1. The van der Waals surface area contributed by atoms with E-state index >= 15 is 0 Å². The Labute approximate surface area is 205 Å². The van der Waals surface area contributed by atoms with Crippen LogP contribution in [0.3, 0.4) is 0 Å². The molecule has 9 heteroatoms. The van der Waals surface area contributed by atoms with Gasteiger partial charge < -0.3 is 30.1 Å². The summed E-state index contributed by atoms with van der Waals surface area (Å²) in [5, 5.41) is 30.5. The molecule has 0 saturated heterocycles. The summed E-state index contributed by atoms with van der Waals surface area (Å²) in [7, 11) is 1.79. The first-order valence-corrected chi connectivity index (χ1v) is 12.2. The van der Waals surface area contributed by atoms with Gasteiger partial charge in [0.25, 0.3) is 0 Å². The Bertz CT molecular complexity index is 1120. The molecule has 0 bridgehead atoms. The molecule has 0 aliphatic heterocycles. The van der Waals surface area contributed by atoms with Crippen LogP contribution in [0.15, 0.2) is 28.8 Å². The Balaban J connectivity index is 1.70. The maximum absolute atomic E-state index is 9.98. The van der Waals surface area contributed by atoms with E-state index in [9.17, 15) is 10.2 Å². The third-order valence-corrected chi connectivity index (χ3v) is 6.43. The van der Waals surface area contributed by atoms with Crippen molar-refractivity contribution in [2.75, 3.05) is 25.5 Å². The lowest BCUT2D eigenvalue weighted by atomic mass is 9.93. The molecule has 1 aliphatic carbocycles. The summed E-state index contributed by atoms with van der Waals surface area (Å²) in [5.41, 5.74) is 4.16. The van der Waals surface area contributed by atoms with E-state index in [4.69, 9.17) is 19.2 Å². The van der Waals surface area contributed by atoms with E-state index in [1.165, 1.54) is 0 Å². The Morgan fingerprint density at radius 1 is 1.14 bits per heavy atom. The Morgan fingerprint density at radius 3 is 2.60 bits per heavy atom. The molecule has 0 spiro atoms. The number of aliphatic hydroxyl groups is 2. The number of hydrogen-bond acceptors (Lipinski definition) is 9. The highest BCUT2D eigenvalue weighted by molar-refractivity contribution is 5.74. The van der Waals surface area contributed by atoms with Gasteiger partial charge in [-0.3, -0.25) is 0 Å². The summed E-state index contributed by atoms with van der Waals surface area (Å²) in [5.74, 6) is 2.67. The summed E-state index contributed by atoms with van der Waals surface area (Å²) < 4.78 is 11.2. The largest absolute Gasteiger partial charge is 0.491 e. The Morgan fingerprint density at radius 2 is 1.91 bits per heavy atom. The lowest BCUT2D eigenvalue weighted by Crippen LogP contribution is -2.29. The van der Waals surface area contributed by atoms with Crippen LogP contribution in [0.1, 0.15) is 42.7 Å². The number of aliphatic hydroxyl groups excluding tert-OH is 2. The molecule has 1 aromatic carbocycles. The number of nitrogens with zero attached hydrogens (tertiary/aromatic N) is 3. The van der Waals surface area contributed by atoms with Crippen molar-refractivity contribution in [3.63, 3.8) is 0 Å². The van der Waals surface area contributed by atoms with Gasteiger partial charge in [0.2, 0.25) is 0 Å². The predicted octanol–water partition coefficient (Wildman–Crippen LogP) is 3.40. The van der Waals surface area contributed by atoms with Crippen molar-refractivity contribution in [2.24, 2.45) is 0 Å². The van der Waals surface area contributed by atoms with Gasteiger partial charge in [-0.2, -0.15) is 0 Å². The highest BCUT2D eigenvalue weighted by Crippen LogP contribution is 2.34. The third kappa shape index (κ3) is 5.98. The van der Waals surface area contributed by atoms with Crippen molar-refractivity contribution in [3.05, 3.63) is 41.3 Å². The Hall–Kier alpha value is -3.01. The molecule has 35 heavy (non-hydrogen) atoms. The molecule has 188 valence electrons. The molecule has 4 N–H and O–H groups in total. The second-order valence-electron chi connectivity index (χ2n) is 9.27. The molecule has 2 heterocycles. The minimum absolute atomic E-state index is 0.184. The van der Waals surface area contributed by atoms with Gasteiger partial charge in [-0.05, 0) is 65.6 Å². The maximum Gasteiger partial charge on any atom is 0.162 e. The van der Waals surface area contributed by atoms with Gasteiger partial charge in [0.05, 0.1) is 23.1 Å². The zero-order chi connectivity index (χ0) is 24.9. The van der Waals surface area contributed by atoms with Crippen molar-refractivity contribution >= 4 is 5.82 Å². The molecule has 4 rings (SSSR count). The fourth-order valence-corrected chi connectivity index (χ4v) is 4.48. The zero-order valence-corrected chi connectivity index (χ0v) is 20.8. The smallest absolute Gasteiger partial charge is 0.162 e. The normalized spacial score (nSPS) is 18.9. The van der Waals surface area contributed by atoms with Gasteiger partial charge in [0.15, 0.2) is 5.82 Å². The van der Waals surface area contributed by atoms with E-state index in [2.05, 4.69) is 15.8 Å². The van der Waals surface area contributed by atoms with E-state index in [0.717, 1.165) is 59.6 Å². The minimum atomic E-state index is -0.602. The van der Waals surface area contributed by atoms with Crippen LogP contribution in [0.2, 0.25) is 0 Å². The van der Waals surface area contributed by atoms with Crippen LogP contribution in [0.25, 0.3) is 22.6 Å². The average Bonchev–Trinajstić information content (AvgIpc) is 3.18. The number of aromatic nitrogens is 3. The van der Waals surface area contributed by atoms with Crippen molar-refractivity contribution in [2.45, 2.75) is 64.7 Å². The summed E-state index contributed by atoms with van der Waals surface area (Å²) in [6.45, 7) is 6.44. The highest BCUT2D eigenvalue weighted by Gasteiger charge is 2.24. The zero-order valence-electron chi connectivity index (χ0n) is 20.8. The summed E-state index contributed by atoms with van der Waals surface area (Å²) >= 11 is 0. The minimum Gasteiger partial charge on any atom is -0.491 e. The summed E-state index contributed by atoms with van der Waals surface area (Å²) in [6.07, 6.45) is 2.52. The molecule has 0 radical (unpaired) electrons. The van der Waals surface area contributed by atoms with Crippen LogP contribution in [0, 0.1) is 20.8 Å².